The number of aromatic nitrogens is 1. The smallest absolute Gasteiger partial charge is 0.406 e. The molecule has 4 nitrogen and oxygen atoms in total. The first-order chi connectivity index (χ1) is 9.46. The number of anilines is 3. The fraction of sp³-hybridized carbons (Fsp3) is 0.154. The van der Waals surface area contributed by atoms with Gasteiger partial charge in [0.05, 0.1) is 0 Å². The molecule has 1 aromatic carbocycles. The molecule has 2 rings (SSSR count). The first-order valence-corrected chi connectivity index (χ1v) is 5.73. The molecule has 0 fully saturated rings. The zero-order chi connectivity index (χ0) is 14.6. The maximum Gasteiger partial charge on any atom is 0.573 e. The number of ether oxygens (including phenoxy) is 1. The van der Waals surface area contributed by atoms with Crippen LogP contribution in [0.2, 0.25) is 0 Å². The van der Waals surface area contributed by atoms with Gasteiger partial charge in [-0.25, -0.2) is 4.98 Å². The largest absolute Gasteiger partial charge is 0.573 e. The van der Waals surface area contributed by atoms with Crippen molar-refractivity contribution >= 4 is 17.2 Å². The number of halogens is 3. The van der Waals surface area contributed by atoms with Gasteiger partial charge in [-0.2, -0.15) is 0 Å². The molecule has 0 aliphatic heterocycles. The lowest BCUT2D eigenvalue weighted by atomic mass is 10.3. The number of rotatable bonds is 4. The average molecular weight is 283 g/mol. The number of benzene rings is 1. The van der Waals surface area contributed by atoms with E-state index in [1.165, 1.54) is 24.3 Å². The van der Waals surface area contributed by atoms with E-state index >= 15 is 0 Å². The summed E-state index contributed by atoms with van der Waals surface area (Å²) < 4.78 is 39.9. The van der Waals surface area contributed by atoms with Crippen LogP contribution in [0.3, 0.4) is 0 Å². The molecular weight excluding hydrogens is 271 g/mol. The van der Waals surface area contributed by atoms with Gasteiger partial charge in [0.2, 0.25) is 0 Å². The van der Waals surface area contributed by atoms with Crippen molar-refractivity contribution in [2.75, 3.05) is 17.7 Å². The Morgan fingerprint density at radius 1 is 1.05 bits per heavy atom. The van der Waals surface area contributed by atoms with E-state index in [0.717, 1.165) is 5.69 Å². The number of nitrogens with zero attached hydrogens (tertiary/aromatic N) is 1. The van der Waals surface area contributed by atoms with Crippen LogP contribution >= 0.6 is 0 Å². The molecule has 1 aromatic heterocycles. The molecule has 0 saturated heterocycles. The second-order valence-corrected chi connectivity index (χ2v) is 3.88. The Morgan fingerprint density at radius 3 is 2.35 bits per heavy atom. The molecule has 1 heterocycles. The van der Waals surface area contributed by atoms with Crippen molar-refractivity contribution in [1.82, 2.24) is 4.98 Å². The van der Waals surface area contributed by atoms with Crippen LogP contribution in [-0.2, 0) is 0 Å². The minimum Gasteiger partial charge on any atom is -0.406 e. The van der Waals surface area contributed by atoms with Gasteiger partial charge >= 0.3 is 6.36 Å². The zero-order valence-corrected chi connectivity index (χ0v) is 10.5. The number of pyridine rings is 1. The summed E-state index contributed by atoms with van der Waals surface area (Å²) in [7, 11) is 1.75. The van der Waals surface area contributed by atoms with Crippen molar-refractivity contribution in [3.05, 3.63) is 42.6 Å². The van der Waals surface area contributed by atoms with Crippen LogP contribution in [0, 0.1) is 0 Å². The Labute approximate surface area is 113 Å². The minimum atomic E-state index is -4.68. The van der Waals surface area contributed by atoms with E-state index in [1.54, 1.807) is 25.4 Å². The van der Waals surface area contributed by atoms with Crippen molar-refractivity contribution in [1.29, 1.82) is 0 Å². The molecule has 0 spiro atoms. The van der Waals surface area contributed by atoms with Crippen LogP contribution < -0.4 is 15.4 Å². The summed E-state index contributed by atoms with van der Waals surface area (Å²) in [5, 5.41) is 5.94. The van der Waals surface area contributed by atoms with E-state index in [2.05, 4.69) is 20.4 Å². The van der Waals surface area contributed by atoms with Crippen molar-refractivity contribution in [2.45, 2.75) is 6.36 Å². The van der Waals surface area contributed by atoms with Crippen LogP contribution in [0.25, 0.3) is 0 Å². The zero-order valence-electron chi connectivity index (χ0n) is 10.5. The third kappa shape index (κ3) is 4.04. The van der Waals surface area contributed by atoms with Crippen LogP contribution in [0.5, 0.6) is 5.75 Å². The van der Waals surface area contributed by atoms with Gasteiger partial charge in [0.25, 0.3) is 0 Å². The molecule has 0 aliphatic carbocycles. The Bertz CT molecular complexity index is 570. The summed E-state index contributed by atoms with van der Waals surface area (Å²) in [6.45, 7) is 0. The SMILES string of the molecule is CNc1cc(Nc2ccc(OC(F)(F)F)cc2)ccn1. The van der Waals surface area contributed by atoms with Gasteiger partial charge in [-0.05, 0) is 30.3 Å². The van der Waals surface area contributed by atoms with Crippen molar-refractivity contribution in [2.24, 2.45) is 0 Å². The van der Waals surface area contributed by atoms with Gasteiger partial charge in [-0.15, -0.1) is 13.2 Å². The normalized spacial score (nSPS) is 11.0. The highest BCUT2D eigenvalue weighted by Gasteiger charge is 2.30. The van der Waals surface area contributed by atoms with Gasteiger partial charge in [-0.3, -0.25) is 0 Å². The lowest BCUT2D eigenvalue weighted by Gasteiger charge is -2.11. The average Bonchev–Trinajstić information content (AvgIpc) is 2.40. The predicted octanol–water partition coefficient (Wildman–Crippen LogP) is 3.77. The van der Waals surface area contributed by atoms with Crippen molar-refractivity contribution in [3.63, 3.8) is 0 Å². The van der Waals surface area contributed by atoms with E-state index in [9.17, 15) is 13.2 Å². The Balaban J connectivity index is 2.06. The van der Waals surface area contributed by atoms with Crippen LogP contribution in [0.15, 0.2) is 42.6 Å². The highest BCUT2D eigenvalue weighted by Crippen LogP contribution is 2.25. The third-order valence-electron chi connectivity index (χ3n) is 2.39. The monoisotopic (exact) mass is 283 g/mol. The number of alkyl halides is 3. The summed E-state index contributed by atoms with van der Waals surface area (Å²) in [5.74, 6) is 0.431. The molecular formula is C13H12F3N3O. The molecule has 106 valence electrons. The Kier molecular flexibility index (Phi) is 3.97. The number of hydrogen-bond donors (Lipinski definition) is 2. The second kappa shape index (κ2) is 5.68. The van der Waals surface area contributed by atoms with E-state index in [-0.39, 0.29) is 5.75 Å². The molecule has 0 saturated carbocycles. The summed E-state index contributed by atoms with van der Waals surface area (Å²) in [4.78, 5) is 4.06. The standard InChI is InChI=1S/C13H12F3N3O/c1-17-12-8-10(6-7-18-12)19-9-2-4-11(5-3-9)20-13(14,15)16/h2-8H,1H3,(H2,17,18,19). The van der Waals surface area contributed by atoms with Gasteiger partial charge in [-0.1, -0.05) is 0 Å². The molecule has 0 atom stereocenters. The van der Waals surface area contributed by atoms with Crippen LogP contribution in [-0.4, -0.2) is 18.4 Å². The van der Waals surface area contributed by atoms with E-state index in [0.29, 0.717) is 11.5 Å². The quantitative estimate of drug-likeness (QED) is 0.896. The Hall–Kier alpha value is -2.44. The van der Waals surface area contributed by atoms with Gasteiger partial charge < -0.3 is 15.4 Å². The highest BCUT2D eigenvalue weighted by molar-refractivity contribution is 5.62. The van der Waals surface area contributed by atoms with Crippen LogP contribution in [0.1, 0.15) is 0 Å². The summed E-state index contributed by atoms with van der Waals surface area (Å²) in [6.07, 6.45) is -3.06. The summed E-state index contributed by atoms with van der Waals surface area (Å²) in [6, 6.07) is 9.02. The molecule has 0 radical (unpaired) electrons. The molecule has 2 aromatic rings. The first-order valence-electron chi connectivity index (χ1n) is 5.73. The van der Waals surface area contributed by atoms with Gasteiger partial charge in [0.15, 0.2) is 0 Å². The lowest BCUT2D eigenvalue weighted by molar-refractivity contribution is -0.274. The first kappa shape index (κ1) is 14.0. The fourth-order valence-electron chi connectivity index (χ4n) is 1.55. The van der Waals surface area contributed by atoms with Gasteiger partial charge in [0.1, 0.15) is 11.6 Å². The number of hydrogen-bond acceptors (Lipinski definition) is 4. The summed E-state index contributed by atoms with van der Waals surface area (Å²) in [5.41, 5.74) is 1.42. The lowest BCUT2D eigenvalue weighted by Crippen LogP contribution is -2.16. The highest BCUT2D eigenvalue weighted by atomic mass is 19.4. The molecule has 0 bridgehead atoms. The summed E-state index contributed by atoms with van der Waals surface area (Å²) >= 11 is 0. The molecule has 0 amide bonds. The third-order valence-corrected chi connectivity index (χ3v) is 2.39. The molecule has 0 aliphatic rings. The maximum absolute atomic E-state index is 12.0. The van der Waals surface area contributed by atoms with Crippen molar-refractivity contribution in [3.8, 4) is 5.75 Å². The topological polar surface area (TPSA) is 46.2 Å². The van der Waals surface area contributed by atoms with Crippen molar-refractivity contribution < 1.29 is 17.9 Å². The molecule has 7 heteroatoms. The van der Waals surface area contributed by atoms with E-state index in [4.69, 9.17) is 0 Å². The minimum absolute atomic E-state index is 0.256. The molecule has 0 unspecified atom stereocenters. The maximum atomic E-state index is 12.0. The molecule has 2 N–H and O–H groups in total. The number of nitrogens with one attached hydrogen (secondary N) is 2. The fourth-order valence-corrected chi connectivity index (χ4v) is 1.55. The second-order valence-electron chi connectivity index (χ2n) is 3.88. The van der Waals surface area contributed by atoms with E-state index < -0.39 is 6.36 Å². The predicted molar refractivity (Wildman–Crippen MR) is 70.2 cm³/mol. The van der Waals surface area contributed by atoms with E-state index in [1.807, 2.05) is 0 Å². The molecule has 20 heavy (non-hydrogen) atoms. The Morgan fingerprint density at radius 2 is 1.75 bits per heavy atom. The van der Waals surface area contributed by atoms with Crippen LogP contribution in [0.4, 0.5) is 30.4 Å². The van der Waals surface area contributed by atoms with Gasteiger partial charge in [0, 0.05) is 30.7 Å².